The van der Waals surface area contributed by atoms with E-state index in [0.717, 1.165) is 37.4 Å². The summed E-state index contributed by atoms with van der Waals surface area (Å²) in [6.07, 6.45) is -0.151. The van der Waals surface area contributed by atoms with Gasteiger partial charge in [-0.1, -0.05) is 22.9 Å². The van der Waals surface area contributed by atoms with Crippen molar-refractivity contribution in [3.63, 3.8) is 0 Å². The normalized spacial score (nSPS) is 22.0. The number of ether oxygens (including phenoxy) is 1. The maximum absolute atomic E-state index is 14.9. The highest BCUT2D eigenvalue weighted by Gasteiger charge is 2.49. The van der Waals surface area contributed by atoms with Crippen LogP contribution in [0.5, 0.6) is 0 Å². The zero-order valence-electron chi connectivity index (χ0n) is 20.8. The number of amides is 1. The Morgan fingerprint density at radius 3 is 2.50 bits per heavy atom. The largest absolute Gasteiger partial charge is 0.433 e. The molecule has 1 amide bonds. The number of nitrogens with one attached hydrogen (secondary N) is 1. The maximum Gasteiger partial charge on any atom is 0.433 e. The topological polar surface area (TPSA) is 66.8 Å². The number of amidine groups is 1. The van der Waals surface area contributed by atoms with Crippen LogP contribution in [0.2, 0.25) is 0 Å². The lowest BCUT2D eigenvalue weighted by atomic mass is 9.87. The van der Waals surface area contributed by atoms with E-state index in [9.17, 15) is 22.4 Å². The highest BCUT2D eigenvalue weighted by Crippen LogP contribution is 2.49. The van der Waals surface area contributed by atoms with Gasteiger partial charge in [0.15, 0.2) is 0 Å². The van der Waals surface area contributed by atoms with Gasteiger partial charge >= 0.3 is 6.18 Å². The van der Waals surface area contributed by atoms with Gasteiger partial charge in [0.05, 0.1) is 18.4 Å². The van der Waals surface area contributed by atoms with Crippen LogP contribution in [0.15, 0.2) is 33.7 Å². The summed E-state index contributed by atoms with van der Waals surface area (Å²) in [4.78, 5) is 24.0. The Labute approximate surface area is 226 Å². The maximum atomic E-state index is 14.9. The average molecular weight is 595 g/mol. The second-order valence-corrected chi connectivity index (χ2v) is 11.9. The third kappa shape index (κ3) is 4.72. The number of alkyl halides is 3. The van der Waals surface area contributed by atoms with Crippen LogP contribution in [-0.4, -0.2) is 41.5 Å². The van der Waals surface area contributed by atoms with Gasteiger partial charge in [-0.25, -0.2) is 9.37 Å². The van der Waals surface area contributed by atoms with Crippen LogP contribution in [0.3, 0.4) is 0 Å². The standard InChI is InChI=1S/C27H27BrF4N4O2/c1-25(6-7-25)22-17(4-5-21(33-22)27(30,31)32)23-34-24(37)26(35-23)8-10-36(11-9-26)20-13-15(28)12-19(29)18(20)14-38-16-2-3-16/h4-5,12-13,16H,2-3,6-11,14H2,1H3,(H,34,35,37). The lowest BCUT2D eigenvalue weighted by Gasteiger charge is -2.37. The van der Waals surface area contributed by atoms with E-state index in [4.69, 9.17) is 9.73 Å². The van der Waals surface area contributed by atoms with Gasteiger partial charge in [-0.05, 0) is 62.8 Å². The third-order valence-electron chi connectivity index (χ3n) is 8.05. The Kier molecular flexibility index (Phi) is 6.10. The number of hydrogen-bond acceptors (Lipinski definition) is 5. The number of carbonyl (C=O) groups is 1. The van der Waals surface area contributed by atoms with Gasteiger partial charge < -0.3 is 15.0 Å². The first-order valence-corrected chi connectivity index (χ1v) is 13.6. The van der Waals surface area contributed by atoms with Crippen molar-refractivity contribution >= 4 is 33.4 Å². The van der Waals surface area contributed by atoms with Crippen LogP contribution in [-0.2, 0) is 27.7 Å². The van der Waals surface area contributed by atoms with Gasteiger partial charge in [-0.2, -0.15) is 13.2 Å². The first-order valence-electron chi connectivity index (χ1n) is 12.8. The molecule has 6 nitrogen and oxygen atoms in total. The van der Waals surface area contributed by atoms with Gasteiger partial charge in [-0.3, -0.25) is 9.79 Å². The molecule has 11 heteroatoms. The predicted octanol–water partition coefficient (Wildman–Crippen LogP) is 5.65. The number of anilines is 1. The Hall–Kier alpha value is -2.53. The summed E-state index contributed by atoms with van der Waals surface area (Å²) in [5.41, 5.74) is -0.441. The molecule has 1 N–H and O–H groups in total. The molecule has 0 bridgehead atoms. The van der Waals surface area contributed by atoms with Crippen LogP contribution >= 0.6 is 15.9 Å². The molecule has 1 spiro atoms. The Morgan fingerprint density at radius 1 is 1.16 bits per heavy atom. The summed E-state index contributed by atoms with van der Waals surface area (Å²) in [6.45, 7) is 3.00. The molecule has 6 rings (SSSR count). The van der Waals surface area contributed by atoms with E-state index in [-0.39, 0.29) is 30.3 Å². The summed E-state index contributed by atoms with van der Waals surface area (Å²) in [5, 5.41) is 2.84. The molecular weight excluding hydrogens is 568 g/mol. The van der Waals surface area contributed by atoms with Gasteiger partial charge in [0.1, 0.15) is 22.9 Å². The van der Waals surface area contributed by atoms with Gasteiger partial charge in [0.2, 0.25) is 0 Å². The molecule has 202 valence electrons. The van der Waals surface area contributed by atoms with Gasteiger partial charge in [0.25, 0.3) is 5.91 Å². The lowest BCUT2D eigenvalue weighted by molar-refractivity contribution is -0.141. The highest BCUT2D eigenvalue weighted by molar-refractivity contribution is 9.10. The van der Waals surface area contributed by atoms with Crippen LogP contribution < -0.4 is 10.2 Å². The molecule has 0 unspecified atom stereocenters. The molecule has 1 aromatic heterocycles. The van der Waals surface area contributed by atoms with Crippen molar-refractivity contribution in [2.45, 2.75) is 75.3 Å². The first-order chi connectivity index (χ1) is 18.0. The fourth-order valence-corrected chi connectivity index (χ4v) is 5.66. The molecule has 38 heavy (non-hydrogen) atoms. The molecule has 3 heterocycles. The third-order valence-corrected chi connectivity index (χ3v) is 8.51. The first kappa shape index (κ1) is 25.7. The number of piperidine rings is 1. The van der Waals surface area contributed by atoms with E-state index in [0.29, 0.717) is 47.2 Å². The number of hydrogen-bond donors (Lipinski definition) is 1. The van der Waals surface area contributed by atoms with Crippen LogP contribution in [0.1, 0.15) is 68.0 Å². The molecule has 4 aliphatic rings. The quantitative estimate of drug-likeness (QED) is 0.439. The molecular formula is C27H27BrF4N4O2. The van der Waals surface area contributed by atoms with Crippen molar-refractivity contribution in [1.29, 1.82) is 0 Å². The zero-order valence-corrected chi connectivity index (χ0v) is 22.4. The number of nitrogens with zero attached hydrogens (tertiary/aromatic N) is 3. The molecule has 0 atom stereocenters. The number of aromatic nitrogens is 1. The van der Waals surface area contributed by atoms with E-state index in [2.05, 4.69) is 26.2 Å². The van der Waals surface area contributed by atoms with Crippen molar-refractivity contribution in [1.82, 2.24) is 10.3 Å². The van der Waals surface area contributed by atoms with E-state index in [1.807, 2.05) is 17.9 Å². The summed E-state index contributed by atoms with van der Waals surface area (Å²) in [5.74, 6) is -0.332. The minimum atomic E-state index is -4.55. The fraction of sp³-hybridized carbons (Fsp3) is 0.519. The summed E-state index contributed by atoms with van der Waals surface area (Å²) < 4.78 is 61.4. The average Bonchev–Trinajstić information content (AvgIpc) is 3.79. The summed E-state index contributed by atoms with van der Waals surface area (Å²) in [7, 11) is 0. The Morgan fingerprint density at radius 2 is 1.87 bits per heavy atom. The van der Waals surface area contributed by atoms with E-state index < -0.39 is 22.8 Å². The van der Waals surface area contributed by atoms with E-state index in [1.165, 1.54) is 12.1 Å². The fourth-order valence-electron chi connectivity index (χ4n) is 5.24. The molecule has 3 fully saturated rings. The monoisotopic (exact) mass is 594 g/mol. The second-order valence-electron chi connectivity index (χ2n) is 11.0. The summed E-state index contributed by atoms with van der Waals surface area (Å²) in [6, 6.07) is 5.61. The minimum Gasteiger partial charge on any atom is -0.373 e. The molecule has 1 aromatic carbocycles. The van der Waals surface area contributed by atoms with Crippen molar-refractivity contribution in [2.24, 2.45) is 4.99 Å². The number of rotatable bonds is 6. The SMILES string of the molecule is CC1(c2nc(C(F)(F)F)ccc2C2=NC3(CCN(c4cc(Br)cc(F)c4COC4CC4)CC3)C(=O)N2)CC1. The van der Waals surface area contributed by atoms with Gasteiger partial charge in [-0.15, -0.1) is 0 Å². The lowest BCUT2D eigenvalue weighted by Crippen LogP contribution is -2.49. The number of carbonyl (C=O) groups excluding carboxylic acids is 1. The predicted molar refractivity (Wildman–Crippen MR) is 137 cm³/mol. The molecule has 2 aromatic rings. The highest BCUT2D eigenvalue weighted by atomic mass is 79.9. The minimum absolute atomic E-state index is 0.187. The van der Waals surface area contributed by atoms with Crippen LogP contribution in [0.4, 0.5) is 23.2 Å². The molecule has 2 aliphatic carbocycles. The molecule has 1 saturated heterocycles. The van der Waals surface area contributed by atoms with Crippen LogP contribution in [0.25, 0.3) is 0 Å². The molecule has 2 aliphatic heterocycles. The Bertz CT molecular complexity index is 1330. The number of benzene rings is 1. The number of pyridine rings is 1. The smallest absolute Gasteiger partial charge is 0.373 e. The van der Waals surface area contributed by atoms with Crippen molar-refractivity contribution in [2.75, 3.05) is 18.0 Å². The number of halogens is 5. The van der Waals surface area contributed by atoms with E-state index >= 15 is 0 Å². The Balaban J connectivity index is 1.26. The molecule has 0 radical (unpaired) electrons. The van der Waals surface area contributed by atoms with Gasteiger partial charge in [0, 0.05) is 39.8 Å². The second kappa shape index (κ2) is 9.01. The van der Waals surface area contributed by atoms with E-state index in [1.54, 1.807) is 0 Å². The zero-order chi connectivity index (χ0) is 26.9. The van der Waals surface area contributed by atoms with Crippen LogP contribution in [0, 0.1) is 5.82 Å². The molecule has 2 saturated carbocycles. The van der Waals surface area contributed by atoms with Crippen molar-refractivity contribution in [3.05, 3.63) is 57.1 Å². The summed E-state index contributed by atoms with van der Waals surface area (Å²) >= 11 is 3.38. The van der Waals surface area contributed by atoms with Crippen molar-refractivity contribution in [3.8, 4) is 0 Å². The number of aliphatic imine (C=N–C) groups is 1. The van der Waals surface area contributed by atoms with Crippen molar-refractivity contribution < 1.29 is 27.1 Å².